The fourth-order valence-corrected chi connectivity index (χ4v) is 6.35. The Morgan fingerprint density at radius 3 is 2.55 bits per heavy atom. The number of anilines is 4. The maximum Gasteiger partial charge on any atom is 0.433 e. The van der Waals surface area contributed by atoms with E-state index >= 15 is 0 Å². The van der Waals surface area contributed by atoms with Crippen LogP contribution in [-0.2, 0) is 16.1 Å². The molecule has 4 aromatic rings. The minimum atomic E-state index is -4.83. The van der Waals surface area contributed by atoms with E-state index in [2.05, 4.69) is 36.2 Å². The highest BCUT2D eigenvalue weighted by Crippen LogP contribution is 2.38. The van der Waals surface area contributed by atoms with Crippen molar-refractivity contribution < 1.29 is 32.2 Å². The number of ether oxygens (including phenoxy) is 3. The van der Waals surface area contributed by atoms with Gasteiger partial charge in [0, 0.05) is 49.7 Å². The van der Waals surface area contributed by atoms with Crippen molar-refractivity contribution in [1.82, 2.24) is 20.7 Å². The van der Waals surface area contributed by atoms with Gasteiger partial charge in [0.15, 0.2) is 0 Å². The number of aryl methyl sites for hydroxylation is 1. The van der Waals surface area contributed by atoms with Crippen LogP contribution in [0.4, 0.5) is 36.1 Å². The highest BCUT2D eigenvalue weighted by molar-refractivity contribution is 6.06. The summed E-state index contributed by atoms with van der Waals surface area (Å²) in [7, 11) is 1.47. The molecule has 12 nitrogen and oxygen atoms in total. The molecule has 1 aromatic heterocycles. The number of carbonyl (C=O) groups excluding carboxylic acids is 1. The van der Waals surface area contributed by atoms with Crippen LogP contribution in [0.1, 0.15) is 18.1 Å². The summed E-state index contributed by atoms with van der Waals surface area (Å²) in [4.78, 5) is 25.0. The van der Waals surface area contributed by atoms with Crippen LogP contribution in [-0.4, -0.2) is 74.7 Å². The Balaban J connectivity index is 1.17. The minimum Gasteiger partial charge on any atom is -0.497 e. The molecule has 2 unspecified atom stereocenters. The van der Waals surface area contributed by atoms with Crippen molar-refractivity contribution in [3.63, 3.8) is 0 Å². The van der Waals surface area contributed by atoms with Crippen molar-refractivity contribution >= 4 is 39.7 Å². The van der Waals surface area contributed by atoms with Crippen LogP contribution in [0.5, 0.6) is 11.5 Å². The van der Waals surface area contributed by atoms with Gasteiger partial charge in [0.2, 0.25) is 0 Å². The van der Waals surface area contributed by atoms with Gasteiger partial charge in [-0.2, -0.15) is 13.2 Å². The van der Waals surface area contributed by atoms with Crippen molar-refractivity contribution in [1.29, 1.82) is 0 Å². The van der Waals surface area contributed by atoms with E-state index in [-0.39, 0.29) is 42.4 Å². The number of methoxy groups -OCH3 is 1. The lowest BCUT2D eigenvalue weighted by molar-refractivity contribution is -0.114. The number of fused-ring (bicyclic) bond motifs is 1. The van der Waals surface area contributed by atoms with E-state index in [1.54, 1.807) is 36.7 Å². The van der Waals surface area contributed by atoms with Gasteiger partial charge in [-0.25, -0.2) is 15.4 Å². The summed E-state index contributed by atoms with van der Waals surface area (Å²) in [6.07, 6.45) is -3.51. The number of nitrogens with one attached hydrogen (secondary N) is 4. The molecule has 4 heterocycles. The molecule has 51 heavy (non-hydrogen) atoms. The lowest BCUT2D eigenvalue weighted by Gasteiger charge is -2.35. The van der Waals surface area contributed by atoms with E-state index in [0.29, 0.717) is 18.0 Å². The Labute approximate surface area is 292 Å². The van der Waals surface area contributed by atoms with Gasteiger partial charge in [0.1, 0.15) is 42.2 Å². The molecule has 0 bridgehead atoms. The highest BCUT2D eigenvalue weighted by atomic mass is 19.4. The molecule has 4 N–H and O–H groups in total. The topological polar surface area (TPSA) is 125 Å². The SMILES string of the molecule is COc1ccc(N2NCC(C(=O)Nc3cc(NC4OCC4C)ccc3OCc3cc4ncnc(N5CCNCC5)c4cc3C)=C2C(F)(F)F)cc1. The van der Waals surface area contributed by atoms with Gasteiger partial charge < -0.3 is 35.1 Å². The van der Waals surface area contributed by atoms with Crippen LogP contribution in [0, 0.1) is 12.8 Å². The third-order valence-corrected chi connectivity index (χ3v) is 9.26. The molecule has 2 fully saturated rings. The molecule has 0 saturated carbocycles. The molecule has 2 atom stereocenters. The predicted octanol–water partition coefficient (Wildman–Crippen LogP) is 5.12. The molecule has 268 valence electrons. The Hall–Kier alpha value is -5.12. The van der Waals surface area contributed by atoms with Crippen LogP contribution >= 0.6 is 0 Å². The average molecular weight is 705 g/mol. The molecule has 15 heteroatoms. The van der Waals surface area contributed by atoms with Crippen molar-refractivity contribution in [2.75, 3.05) is 67.0 Å². The number of piperazine rings is 1. The van der Waals surface area contributed by atoms with Crippen LogP contribution < -0.4 is 40.8 Å². The van der Waals surface area contributed by atoms with Crippen molar-refractivity contribution in [2.45, 2.75) is 32.9 Å². The first-order chi connectivity index (χ1) is 24.6. The lowest BCUT2D eigenvalue weighted by Crippen LogP contribution is -2.44. The highest BCUT2D eigenvalue weighted by Gasteiger charge is 2.46. The van der Waals surface area contributed by atoms with Crippen molar-refractivity contribution in [3.05, 3.63) is 83.3 Å². The van der Waals surface area contributed by atoms with Gasteiger partial charge >= 0.3 is 6.18 Å². The molecule has 0 aliphatic carbocycles. The number of hydrogen-bond acceptors (Lipinski definition) is 11. The third-order valence-electron chi connectivity index (χ3n) is 9.26. The van der Waals surface area contributed by atoms with Crippen molar-refractivity contribution in [3.8, 4) is 11.5 Å². The van der Waals surface area contributed by atoms with E-state index in [4.69, 9.17) is 14.2 Å². The zero-order valence-electron chi connectivity index (χ0n) is 28.4. The molecule has 1 amide bonds. The van der Waals surface area contributed by atoms with Crippen molar-refractivity contribution in [2.24, 2.45) is 5.92 Å². The maximum atomic E-state index is 14.5. The largest absolute Gasteiger partial charge is 0.497 e. The Morgan fingerprint density at radius 1 is 1.08 bits per heavy atom. The second kappa shape index (κ2) is 14.2. The molecular formula is C36H39F3N8O4. The summed E-state index contributed by atoms with van der Waals surface area (Å²) in [5.41, 5.74) is 4.75. The number of alkyl halides is 3. The van der Waals surface area contributed by atoms with E-state index in [9.17, 15) is 18.0 Å². The molecule has 3 aliphatic heterocycles. The molecule has 3 aromatic carbocycles. The maximum absolute atomic E-state index is 14.5. The number of halogens is 3. The number of amides is 1. The summed E-state index contributed by atoms with van der Waals surface area (Å²) in [5.74, 6) is 1.00. The number of aromatic nitrogens is 2. The van der Waals surface area contributed by atoms with Crippen LogP contribution in [0.3, 0.4) is 0 Å². The zero-order valence-corrected chi connectivity index (χ0v) is 28.4. The Morgan fingerprint density at radius 2 is 1.86 bits per heavy atom. The van der Waals surface area contributed by atoms with E-state index in [0.717, 1.165) is 59.0 Å². The summed E-state index contributed by atoms with van der Waals surface area (Å²) < 4.78 is 60.6. The summed E-state index contributed by atoms with van der Waals surface area (Å²) in [6, 6.07) is 15.2. The van der Waals surface area contributed by atoms with Gasteiger partial charge in [-0.3, -0.25) is 9.80 Å². The second-order valence-electron chi connectivity index (χ2n) is 12.8. The Kier molecular flexibility index (Phi) is 9.59. The molecule has 0 spiro atoms. The number of hydrogen-bond donors (Lipinski definition) is 4. The molecule has 7 rings (SSSR count). The first-order valence-electron chi connectivity index (χ1n) is 16.7. The molecular weight excluding hydrogens is 665 g/mol. The number of carbonyl (C=O) groups is 1. The quantitative estimate of drug-likeness (QED) is 0.176. The Bertz CT molecular complexity index is 1950. The molecule has 3 aliphatic rings. The summed E-state index contributed by atoms with van der Waals surface area (Å²) >= 11 is 0. The number of allylic oxidation sites excluding steroid dienone is 1. The number of rotatable bonds is 10. The lowest BCUT2D eigenvalue weighted by atomic mass is 10.1. The monoisotopic (exact) mass is 704 g/mol. The molecule has 2 saturated heterocycles. The zero-order chi connectivity index (χ0) is 35.7. The number of benzene rings is 3. The van der Waals surface area contributed by atoms with Gasteiger partial charge in [0.25, 0.3) is 5.91 Å². The summed E-state index contributed by atoms with van der Waals surface area (Å²) in [6.45, 7) is 7.86. The van der Waals surface area contributed by atoms with Gasteiger partial charge in [-0.15, -0.1) is 0 Å². The first-order valence-corrected chi connectivity index (χ1v) is 16.7. The van der Waals surface area contributed by atoms with Crippen LogP contribution in [0.15, 0.2) is 72.2 Å². The smallest absolute Gasteiger partial charge is 0.433 e. The summed E-state index contributed by atoms with van der Waals surface area (Å²) in [5, 5.41) is 11.2. The molecule has 0 radical (unpaired) electrons. The van der Waals surface area contributed by atoms with Crippen LogP contribution in [0.2, 0.25) is 0 Å². The number of nitrogens with zero attached hydrogens (tertiary/aromatic N) is 4. The average Bonchev–Trinajstić information content (AvgIpc) is 3.60. The van der Waals surface area contributed by atoms with Gasteiger partial charge in [0.05, 0.1) is 36.2 Å². The first kappa shape index (κ1) is 34.3. The third kappa shape index (κ3) is 7.22. The second-order valence-corrected chi connectivity index (χ2v) is 12.8. The normalized spacial score (nSPS) is 19.3. The fourth-order valence-electron chi connectivity index (χ4n) is 6.35. The fraction of sp³-hybridized carbons (Fsp3) is 0.361. The van der Waals surface area contributed by atoms with E-state index < -0.39 is 23.4 Å². The van der Waals surface area contributed by atoms with E-state index in [1.807, 2.05) is 26.0 Å². The van der Waals surface area contributed by atoms with Crippen LogP contribution in [0.25, 0.3) is 10.9 Å². The van der Waals surface area contributed by atoms with Gasteiger partial charge in [-0.1, -0.05) is 6.92 Å². The number of hydrazine groups is 1. The minimum absolute atomic E-state index is 0.121. The standard InChI is InChI=1S/C36H39F3N8O4/c1-21-14-27-29(41-20-42-33(27)46-12-10-40-11-13-46)15-23(21)19-50-31-9-4-24(44-35-22(2)18-51-35)16-30(31)45-34(48)28-17-43-47(32(28)36(37,38)39)25-5-7-26(49-3)8-6-25/h4-9,14-16,20,22,35,40,43-44H,10-13,17-19H2,1-3H3,(H,45,48). The van der Waals surface area contributed by atoms with Gasteiger partial charge in [-0.05, 0) is 72.6 Å². The predicted molar refractivity (Wildman–Crippen MR) is 188 cm³/mol. The van der Waals surface area contributed by atoms with E-state index in [1.165, 1.54) is 19.2 Å².